The van der Waals surface area contributed by atoms with Crippen LogP contribution >= 0.6 is 11.6 Å². The highest BCUT2D eigenvalue weighted by molar-refractivity contribution is 6.20. The Morgan fingerprint density at radius 3 is 3.00 bits per heavy atom. The molecule has 0 N–H and O–H groups in total. The van der Waals surface area contributed by atoms with Gasteiger partial charge >= 0.3 is 0 Å². The fourth-order valence-corrected chi connectivity index (χ4v) is 2.61. The molecule has 2 rings (SSSR count). The van der Waals surface area contributed by atoms with Gasteiger partial charge in [0.25, 0.3) is 0 Å². The predicted octanol–water partition coefficient (Wildman–Crippen LogP) is 2.19. The average Bonchev–Trinajstić information content (AvgIpc) is 2.60. The van der Waals surface area contributed by atoms with E-state index in [1.165, 1.54) is 17.8 Å². The van der Waals surface area contributed by atoms with E-state index in [0.29, 0.717) is 5.38 Å². The van der Waals surface area contributed by atoms with Gasteiger partial charge in [0.1, 0.15) is 0 Å². The molecule has 1 fully saturated rings. The molecule has 1 saturated heterocycles. The van der Waals surface area contributed by atoms with Crippen LogP contribution in [0.15, 0.2) is 6.07 Å². The lowest BCUT2D eigenvalue weighted by Crippen LogP contribution is -2.35. The van der Waals surface area contributed by atoms with Crippen molar-refractivity contribution >= 4 is 11.6 Å². The van der Waals surface area contributed by atoms with E-state index in [2.05, 4.69) is 23.0 Å². The molecule has 1 atom stereocenters. The van der Waals surface area contributed by atoms with Crippen molar-refractivity contribution in [1.82, 2.24) is 14.7 Å². The predicted molar refractivity (Wildman–Crippen MR) is 66.7 cm³/mol. The summed E-state index contributed by atoms with van der Waals surface area (Å²) in [5, 5.41) is 4.80. The molecule has 0 spiro atoms. The minimum atomic E-state index is 0.327. The maximum absolute atomic E-state index is 6.19. The lowest BCUT2D eigenvalue weighted by Gasteiger charge is -2.29. The Morgan fingerprint density at radius 1 is 1.56 bits per heavy atom. The third-order valence-corrected chi connectivity index (χ3v) is 3.58. The normalized spacial score (nSPS) is 22.6. The Kier molecular flexibility index (Phi) is 3.87. The summed E-state index contributed by atoms with van der Waals surface area (Å²) in [6, 6.07) is 2.21. The zero-order chi connectivity index (χ0) is 11.5. The molecule has 4 heteroatoms. The summed E-state index contributed by atoms with van der Waals surface area (Å²) >= 11 is 6.19. The molecular formula is C12H20ClN3. The molecule has 0 amide bonds. The number of nitrogens with zero attached hydrogens (tertiary/aromatic N) is 3. The molecule has 0 aromatic carbocycles. The number of halogens is 1. The number of aryl methyl sites for hydroxylation is 2. The maximum atomic E-state index is 6.19. The van der Waals surface area contributed by atoms with Gasteiger partial charge in [0.05, 0.1) is 11.4 Å². The molecule has 1 aliphatic rings. The van der Waals surface area contributed by atoms with Gasteiger partial charge in [-0.3, -0.25) is 9.58 Å². The fraction of sp³-hybridized carbons (Fsp3) is 0.750. The van der Waals surface area contributed by atoms with Crippen molar-refractivity contribution in [3.63, 3.8) is 0 Å². The van der Waals surface area contributed by atoms with Crippen LogP contribution in [-0.4, -0.2) is 33.1 Å². The summed E-state index contributed by atoms with van der Waals surface area (Å²) in [6.07, 6.45) is 3.38. The van der Waals surface area contributed by atoms with Crippen LogP contribution in [0.4, 0.5) is 0 Å². The second-order valence-corrected chi connectivity index (χ2v) is 5.20. The van der Waals surface area contributed by atoms with E-state index >= 15 is 0 Å². The lowest BCUT2D eigenvalue weighted by molar-refractivity contribution is 0.219. The number of hydrogen-bond donors (Lipinski definition) is 0. The van der Waals surface area contributed by atoms with Gasteiger partial charge < -0.3 is 0 Å². The molecule has 0 radical (unpaired) electrons. The second kappa shape index (κ2) is 5.19. The maximum Gasteiger partial charge on any atom is 0.0625 e. The zero-order valence-electron chi connectivity index (χ0n) is 10.1. The van der Waals surface area contributed by atoms with Gasteiger partial charge in [0.15, 0.2) is 0 Å². The third kappa shape index (κ3) is 2.77. The van der Waals surface area contributed by atoms with Gasteiger partial charge in [-0.2, -0.15) is 5.10 Å². The molecule has 2 heterocycles. The molecule has 1 aromatic rings. The Balaban J connectivity index is 1.99. The summed E-state index contributed by atoms with van der Waals surface area (Å²) in [7, 11) is 2.02. The first kappa shape index (κ1) is 11.9. The van der Waals surface area contributed by atoms with Crippen LogP contribution in [0.5, 0.6) is 0 Å². The first-order valence-corrected chi connectivity index (χ1v) is 6.51. The van der Waals surface area contributed by atoms with Crippen LogP contribution in [-0.2, 0) is 20.0 Å². The molecule has 0 bridgehead atoms. The molecule has 3 nitrogen and oxygen atoms in total. The molecule has 16 heavy (non-hydrogen) atoms. The Morgan fingerprint density at radius 2 is 2.38 bits per heavy atom. The number of hydrogen-bond acceptors (Lipinski definition) is 2. The van der Waals surface area contributed by atoms with E-state index in [1.54, 1.807) is 0 Å². The van der Waals surface area contributed by atoms with Crippen LogP contribution in [0.2, 0.25) is 0 Å². The molecule has 1 aromatic heterocycles. The van der Waals surface area contributed by atoms with Gasteiger partial charge in [0.2, 0.25) is 0 Å². The summed E-state index contributed by atoms with van der Waals surface area (Å²) < 4.78 is 2.00. The number of aromatic nitrogens is 2. The van der Waals surface area contributed by atoms with Crippen LogP contribution in [0.25, 0.3) is 0 Å². The SMILES string of the molecule is CCc1cc(CN2CCCC(Cl)C2)n(C)n1. The van der Waals surface area contributed by atoms with Gasteiger partial charge in [-0.25, -0.2) is 0 Å². The van der Waals surface area contributed by atoms with E-state index in [0.717, 1.165) is 32.5 Å². The van der Waals surface area contributed by atoms with Gasteiger partial charge in [-0.15, -0.1) is 11.6 Å². The van der Waals surface area contributed by atoms with Crippen molar-refractivity contribution < 1.29 is 0 Å². The van der Waals surface area contributed by atoms with Crippen molar-refractivity contribution in [3.05, 3.63) is 17.5 Å². The molecule has 0 aliphatic carbocycles. The monoisotopic (exact) mass is 241 g/mol. The van der Waals surface area contributed by atoms with Crippen molar-refractivity contribution in [1.29, 1.82) is 0 Å². The molecule has 0 saturated carbocycles. The highest BCUT2D eigenvalue weighted by Crippen LogP contribution is 2.17. The quantitative estimate of drug-likeness (QED) is 0.757. The van der Waals surface area contributed by atoms with Gasteiger partial charge in [-0.05, 0) is 31.9 Å². The number of rotatable bonds is 3. The third-order valence-electron chi connectivity index (χ3n) is 3.22. The largest absolute Gasteiger partial charge is 0.296 e. The summed E-state index contributed by atoms with van der Waals surface area (Å²) in [5.74, 6) is 0. The second-order valence-electron chi connectivity index (χ2n) is 4.58. The summed E-state index contributed by atoms with van der Waals surface area (Å²) in [6.45, 7) is 5.29. The van der Waals surface area contributed by atoms with Crippen LogP contribution < -0.4 is 0 Å². The van der Waals surface area contributed by atoms with E-state index in [-0.39, 0.29) is 0 Å². The van der Waals surface area contributed by atoms with Crippen molar-refractivity contribution in [3.8, 4) is 0 Å². The smallest absolute Gasteiger partial charge is 0.0625 e. The average molecular weight is 242 g/mol. The van der Waals surface area contributed by atoms with Crippen molar-refractivity contribution in [2.45, 2.75) is 38.1 Å². The van der Waals surface area contributed by atoms with E-state index in [9.17, 15) is 0 Å². The Hall–Kier alpha value is -0.540. The number of piperidine rings is 1. The first-order chi connectivity index (χ1) is 7.69. The number of likely N-dealkylation sites (tertiary alicyclic amines) is 1. The van der Waals surface area contributed by atoms with E-state index in [1.807, 2.05) is 11.7 Å². The Bertz CT molecular complexity index is 348. The van der Waals surface area contributed by atoms with Crippen molar-refractivity contribution in [2.24, 2.45) is 7.05 Å². The minimum absolute atomic E-state index is 0.327. The van der Waals surface area contributed by atoms with Crippen LogP contribution in [0, 0.1) is 0 Å². The van der Waals surface area contributed by atoms with Gasteiger partial charge in [-0.1, -0.05) is 6.92 Å². The lowest BCUT2D eigenvalue weighted by atomic mass is 10.1. The van der Waals surface area contributed by atoms with Crippen LogP contribution in [0.3, 0.4) is 0 Å². The van der Waals surface area contributed by atoms with E-state index < -0.39 is 0 Å². The minimum Gasteiger partial charge on any atom is -0.296 e. The standard InChI is InChI=1S/C12H20ClN3/c1-3-11-7-12(15(2)14-11)9-16-6-4-5-10(13)8-16/h7,10H,3-6,8-9H2,1-2H3. The molecule has 90 valence electrons. The zero-order valence-corrected chi connectivity index (χ0v) is 10.9. The van der Waals surface area contributed by atoms with E-state index in [4.69, 9.17) is 11.6 Å². The highest BCUT2D eigenvalue weighted by atomic mass is 35.5. The summed E-state index contributed by atoms with van der Waals surface area (Å²) in [5.41, 5.74) is 2.47. The van der Waals surface area contributed by atoms with Gasteiger partial charge in [0, 0.05) is 25.5 Å². The highest BCUT2D eigenvalue weighted by Gasteiger charge is 2.18. The summed E-state index contributed by atoms with van der Waals surface area (Å²) in [4.78, 5) is 2.43. The molecular weight excluding hydrogens is 222 g/mol. The first-order valence-electron chi connectivity index (χ1n) is 6.07. The molecule has 1 aliphatic heterocycles. The molecule has 1 unspecified atom stereocenters. The number of alkyl halides is 1. The topological polar surface area (TPSA) is 21.1 Å². The van der Waals surface area contributed by atoms with Crippen molar-refractivity contribution in [2.75, 3.05) is 13.1 Å². The fourth-order valence-electron chi connectivity index (χ4n) is 2.26. The van der Waals surface area contributed by atoms with Crippen LogP contribution in [0.1, 0.15) is 31.2 Å². The Labute approximate surface area is 102 Å².